The molecule has 9 heteroatoms. The molecule has 1 aliphatic carbocycles. The Hall–Kier alpha value is -2.32. The highest BCUT2D eigenvalue weighted by atomic mass is 35.5. The fraction of sp³-hybridized carbons (Fsp3) is 0.400. The van der Waals surface area contributed by atoms with Crippen LogP contribution in [0.2, 0.25) is 5.02 Å². The van der Waals surface area contributed by atoms with Gasteiger partial charge in [0.2, 0.25) is 5.91 Å². The molecule has 0 saturated heterocycles. The van der Waals surface area contributed by atoms with E-state index in [0.717, 1.165) is 18.5 Å². The lowest BCUT2D eigenvalue weighted by atomic mass is 10.2. The molecule has 1 N–H and O–H groups in total. The van der Waals surface area contributed by atoms with E-state index in [1.54, 1.807) is 21.5 Å². The van der Waals surface area contributed by atoms with E-state index in [0.29, 0.717) is 46.6 Å². The van der Waals surface area contributed by atoms with Gasteiger partial charge in [-0.1, -0.05) is 35.5 Å². The topological polar surface area (TPSA) is 81.8 Å². The largest absolute Gasteiger partial charge is 0.353 e. The number of thioether (sulfide) groups is 1. The fourth-order valence-corrected chi connectivity index (χ4v) is 4.07. The van der Waals surface area contributed by atoms with Crippen LogP contribution in [0.3, 0.4) is 0 Å². The molecule has 29 heavy (non-hydrogen) atoms. The highest BCUT2D eigenvalue weighted by Crippen LogP contribution is 2.21. The zero-order valence-electron chi connectivity index (χ0n) is 16.1. The first kappa shape index (κ1) is 20.0. The number of hydrogen-bond donors (Lipinski definition) is 1. The van der Waals surface area contributed by atoms with Gasteiger partial charge in [0.05, 0.1) is 27.4 Å². The molecule has 7 nitrogen and oxygen atoms in total. The number of nitrogens with zero attached hydrogens (tertiary/aromatic N) is 4. The maximum Gasteiger partial charge on any atom is 0.262 e. The molecule has 1 aliphatic rings. The van der Waals surface area contributed by atoms with Gasteiger partial charge in [-0.25, -0.2) is 4.98 Å². The summed E-state index contributed by atoms with van der Waals surface area (Å²) in [6.07, 6.45) is 4.58. The molecule has 1 saturated carbocycles. The number of amides is 1. The minimum Gasteiger partial charge on any atom is -0.353 e. The highest BCUT2D eigenvalue weighted by molar-refractivity contribution is 7.99. The molecule has 2 aromatic heterocycles. The SMILES string of the molecule is Cc1nn(CCCn2c(SCC(=O)NC3CC3)nc3ccccc3c2=O)cc1Cl. The van der Waals surface area contributed by atoms with Gasteiger partial charge >= 0.3 is 0 Å². The quantitative estimate of drug-likeness (QED) is 0.438. The Morgan fingerprint density at radius 3 is 2.83 bits per heavy atom. The first-order chi connectivity index (χ1) is 14.0. The summed E-state index contributed by atoms with van der Waals surface area (Å²) in [6.45, 7) is 2.98. The molecular formula is C20H22ClN5O2S. The fourth-order valence-electron chi connectivity index (χ4n) is 3.08. The van der Waals surface area contributed by atoms with Gasteiger partial charge in [-0.05, 0) is 38.3 Å². The van der Waals surface area contributed by atoms with Crippen LogP contribution in [-0.4, -0.2) is 37.0 Å². The second-order valence-corrected chi connectivity index (χ2v) is 8.53. The van der Waals surface area contributed by atoms with Gasteiger partial charge in [0.1, 0.15) is 0 Å². The Labute approximate surface area is 177 Å². The standard InChI is InChI=1S/C20H22ClN5O2S/c1-13-16(21)11-25(24-13)9-4-10-26-19(28)15-5-2-3-6-17(15)23-20(26)29-12-18(27)22-14-7-8-14/h2-3,5-6,11,14H,4,7-10,12H2,1H3,(H,22,27). The number of benzene rings is 1. The second-order valence-electron chi connectivity index (χ2n) is 7.18. The maximum absolute atomic E-state index is 13.0. The van der Waals surface area contributed by atoms with Crippen molar-refractivity contribution in [2.75, 3.05) is 5.75 Å². The molecule has 0 aliphatic heterocycles. The van der Waals surface area contributed by atoms with Crippen molar-refractivity contribution in [3.63, 3.8) is 0 Å². The summed E-state index contributed by atoms with van der Waals surface area (Å²) in [7, 11) is 0. The second kappa shape index (κ2) is 8.59. The smallest absolute Gasteiger partial charge is 0.262 e. The monoisotopic (exact) mass is 431 g/mol. The van der Waals surface area contributed by atoms with Crippen LogP contribution in [0.1, 0.15) is 25.0 Å². The highest BCUT2D eigenvalue weighted by Gasteiger charge is 2.23. The van der Waals surface area contributed by atoms with Crippen LogP contribution in [-0.2, 0) is 17.9 Å². The van der Waals surface area contributed by atoms with E-state index in [9.17, 15) is 9.59 Å². The molecule has 0 atom stereocenters. The Kier molecular flexibility index (Phi) is 5.91. The van der Waals surface area contributed by atoms with E-state index >= 15 is 0 Å². The summed E-state index contributed by atoms with van der Waals surface area (Å²) in [5.41, 5.74) is 1.35. The predicted octanol–water partition coefficient (Wildman–Crippen LogP) is 3.02. The van der Waals surface area contributed by atoms with Crippen molar-refractivity contribution < 1.29 is 4.79 Å². The lowest BCUT2D eigenvalue weighted by Gasteiger charge is -2.13. The third kappa shape index (κ3) is 4.82. The molecule has 0 radical (unpaired) electrons. The van der Waals surface area contributed by atoms with Crippen LogP contribution in [0.25, 0.3) is 10.9 Å². The number of rotatable bonds is 8. The number of hydrogen-bond acceptors (Lipinski definition) is 5. The molecule has 1 aromatic carbocycles. The van der Waals surface area contributed by atoms with E-state index in [-0.39, 0.29) is 17.2 Å². The van der Waals surface area contributed by atoms with Crippen LogP contribution in [0.5, 0.6) is 0 Å². The third-order valence-electron chi connectivity index (χ3n) is 4.76. The zero-order chi connectivity index (χ0) is 20.4. The Morgan fingerprint density at radius 2 is 2.10 bits per heavy atom. The molecule has 0 spiro atoms. The van der Waals surface area contributed by atoms with E-state index in [2.05, 4.69) is 15.4 Å². The molecule has 1 fully saturated rings. The average molecular weight is 432 g/mol. The van der Waals surface area contributed by atoms with Crippen molar-refractivity contribution in [2.24, 2.45) is 0 Å². The van der Waals surface area contributed by atoms with Gasteiger partial charge in [0, 0.05) is 25.3 Å². The van der Waals surface area contributed by atoms with Gasteiger partial charge in [-0.2, -0.15) is 5.10 Å². The first-order valence-corrected chi connectivity index (χ1v) is 11.0. The summed E-state index contributed by atoms with van der Waals surface area (Å²) in [5.74, 6) is 0.225. The van der Waals surface area contributed by atoms with Gasteiger partial charge in [0.25, 0.3) is 5.56 Å². The van der Waals surface area contributed by atoms with Crippen LogP contribution in [0, 0.1) is 6.92 Å². The lowest BCUT2D eigenvalue weighted by molar-refractivity contribution is -0.118. The average Bonchev–Trinajstić information content (AvgIpc) is 3.45. The Morgan fingerprint density at radius 1 is 1.31 bits per heavy atom. The van der Waals surface area contributed by atoms with Crippen LogP contribution in [0.4, 0.5) is 0 Å². The molecule has 0 bridgehead atoms. The number of aryl methyl sites for hydroxylation is 2. The maximum atomic E-state index is 13.0. The van der Waals surface area contributed by atoms with Crippen LogP contribution < -0.4 is 10.9 Å². The summed E-state index contributed by atoms with van der Waals surface area (Å²) in [6, 6.07) is 7.62. The van der Waals surface area contributed by atoms with Gasteiger partial charge in [0.15, 0.2) is 5.16 Å². The van der Waals surface area contributed by atoms with Crippen molar-refractivity contribution in [3.05, 3.63) is 51.5 Å². The number of fused-ring (bicyclic) bond motifs is 1. The molecule has 3 aromatic rings. The number of nitrogens with one attached hydrogen (secondary N) is 1. The van der Waals surface area contributed by atoms with Crippen molar-refractivity contribution in [2.45, 2.75) is 50.5 Å². The number of carbonyl (C=O) groups is 1. The van der Waals surface area contributed by atoms with Gasteiger partial charge in [-0.15, -0.1) is 0 Å². The molecule has 1 amide bonds. The van der Waals surface area contributed by atoms with Crippen molar-refractivity contribution in [3.8, 4) is 0 Å². The molecular weight excluding hydrogens is 410 g/mol. The number of para-hydroxylation sites is 1. The van der Waals surface area contributed by atoms with E-state index in [4.69, 9.17) is 11.6 Å². The number of carbonyl (C=O) groups excluding carboxylic acids is 1. The van der Waals surface area contributed by atoms with Crippen molar-refractivity contribution >= 4 is 40.2 Å². The Balaban J connectivity index is 1.53. The number of halogens is 1. The van der Waals surface area contributed by atoms with Gasteiger partial charge in [-0.3, -0.25) is 18.8 Å². The minimum absolute atomic E-state index is 0.0203. The van der Waals surface area contributed by atoms with Crippen LogP contribution >= 0.6 is 23.4 Å². The zero-order valence-corrected chi connectivity index (χ0v) is 17.7. The van der Waals surface area contributed by atoms with E-state index in [1.807, 2.05) is 25.1 Å². The third-order valence-corrected chi connectivity index (χ3v) is 6.10. The lowest BCUT2D eigenvalue weighted by Crippen LogP contribution is -2.28. The van der Waals surface area contributed by atoms with Gasteiger partial charge < -0.3 is 5.32 Å². The summed E-state index contributed by atoms with van der Waals surface area (Å²) < 4.78 is 3.45. The van der Waals surface area contributed by atoms with E-state index < -0.39 is 0 Å². The molecule has 152 valence electrons. The molecule has 2 heterocycles. The van der Waals surface area contributed by atoms with Crippen molar-refractivity contribution in [1.29, 1.82) is 0 Å². The summed E-state index contributed by atoms with van der Waals surface area (Å²) in [5, 5.41) is 9.10. The number of aromatic nitrogens is 4. The normalized spacial score (nSPS) is 13.7. The predicted molar refractivity (Wildman–Crippen MR) is 114 cm³/mol. The van der Waals surface area contributed by atoms with E-state index in [1.165, 1.54) is 11.8 Å². The Bertz CT molecular complexity index is 1090. The summed E-state index contributed by atoms with van der Waals surface area (Å²) in [4.78, 5) is 29.8. The minimum atomic E-state index is -0.0876. The molecule has 4 rings (SSSR count). The first-order valence-electron chi connectivity index (χ1n) is 9.62. The molecule has 0 unspecified atom stereocenters. The van der Waals surface area contributed by atoms with Crippen LogP contribution in [0.15, 0.2) is 40.4 Å². The van der Waals surface area contributed by atoms with Crippen molar-refractivity contribution in [1.82, 2.24) is 24.6 Å². The summed E-state index contributed by atoms with van der Waals surface area (Å²) >= 11 is 7.37.